The van der Waals surface area contributed by atoms with Crippen molar-refractivity contribution < 1.29 is 28.9 Å². The fourth-order valence-corrected chi connectivity index (χ4v) is 5.70. The first kappa shape index (κ1) is 32.2. The zero-order chi connectivity index (χ0) is 30.0. The average Bonchev–Trinajstić information content (AvgIpc) is 3.18. The van der Waals surface area contributed by atoms with Gasteiger partial charge in [0.1, 0.15) is 17.0 Å². The summed E-state index contributed by atoms with van der Waals surface area (Å²) in [6, 6.07) is 8.14. The molecule has 0 aromatic heterocycles. The van der Waals surface area contributed by atoms with Crippen molar-refractivity contribution in [1.29, 1.82) is 5.26 Å². The number of nitriles is 1. The number of nitrogens with one attached hydrogen (secondary N) is 2. The number of aliphatic hydroxyl groups is 3. The Morgan fingerprint density at radius 1 is 1.23 bits per heavy atom. The topological polar surface area (TPSA) is 126 Å². The molecule has 0 spiro atoms. The van der Waals surface area contributed by atoms with E-state index in [1.165, 1.54) is 44.2 Å². The van der Waals surface area contributed by atoms with E-state index in [4.69, 9.17) is 23.2 Å². The number of hydrogen-bond acceptors (Lipinski definition) is 6. The maximum atomic E-state index is 15.7. The summed E-state index contributed by atoms with van der Waals surface area (Å²) in [5.41, 5.74) is -4.13. The average molecular weight is 599 g/mol. The Balaban J connectivity index is 2.20. The molecule has 5 N–H and O–H groups in total. The van der Waals surface area contributed by atoms with Gasteiger partial charge in [-0.25, -0.2) is 8.78 Å². The number of carbonyl (C=O) groups is 1. The highest BCUT2D eigenvalue weighted by Gasteiger charge is 2.61. The van der Waals surface area contributed by atoms with E-state index >= 15 is 8.78 Å². The van der Waals surface area contributed by atoms with E-state index < -0.39 is 58.1 Å². The van der Waals surface area contributed by atoms with Gasteiger partial charge in [-0.2, -0.15) is 5.26 Å². The van der Waals surface area contributed by atoms with Crippen molar-refractivity contribution in [2.75, 3.05) is 13.2 Å². The van der Waals surface area contributed by atoms with Crippen molar-refractivity contribution in [3.8, 4) is 6.07 Å². The van der Waals surface area contributed by atoms with E-state index in [9.17, 15) is 25.4 Å². The van der Waals surface area contributed by atoms with Gasteiger partial charge < -0.3 is 26.0 Å². The fraction of sp³-hybridized carbons (Fsp3) is 0.517. The zero-order valence-corrected chi connectivity index (χ0v) is 24.3. The van der Waals surface area contributed by atoms with Gasteiger partial charge in [0, 0.05) is 35.7 Å². The van der Waals surface area contributed by atoms with Gasteiger partial charge in [-0.3, -0.25) is 4.79 Å². The lowest BCUT2D eigenvalue weighted by atomic mass is 9.62. The first-order valence-electron chi connectivity index (χ1n) is 12.9. The van der Waals surface area contributed by atoms with E-state index in [1.54, 1.807) is 13.8 Å². The fourth-order valence-electron chi connectivity index (χ4n) is 5.36. The molecule has 0 saturated carbocycles. The molecule has 0 radical (unpaired) electrons. The lowest BCUT2D eigenvalue weighted by molar-refractivity contribution is -0.123. The van der Waals surface area contributed by atoms with Crippen LogP contribution in [0.1, 0.15) is 57.6 Å². The van der Waals surface area contributed by atoms with Crippen LogP contribution >= 0.6 is 23.2 Å². The van der Waals surface area contributed by atoms with Crippen molar-refractivity contribution in [3.63, 3.8) is 0 Å². The zero-order valence-electron chi connectivity index (χ0n) is 22.8. The number of carbonyl (C=O) groups excluding carboxylic acids is 1. The molecule has 0 bridgehead atoms. The van der Waals surface area contributed by atoms with E-state index in [-0.39, 0.29) is 47.2 Å². The molecule has 218 valence electrons. The molecule has 0 unspecified atom stereocenters. The SMILES string of the molecule is CC(C)(CO)C[C@@H]1N[C@@H](C(=O)NCC[C@H](O)C(C)(C)O)[C@H](c2cccc(Cl)c2F)[C@@]1(C#N)c1ccc(Cl)cc1F. The van der Waals surface area contributed by atoms with Gasteiger partial charge in [0.05, 0.1) is 28.8 Å². The molecule has 11 heteroatoms. The van der Waals surface area contributed by atoms with Gasteiger partial charge in [0.15, 0.2) is 0 Å². The van der Waals surface area contributed by atoms with Gasteiger partial charge in [0.25, 0.3) is 0 Å². The number of hydrogen-bond donors (Lipinski definition) is 5. The Morgan fingerprint density at radius 2 is 1.90 bits per heavy atom. The van der Waals surface area contributed by atoms with Crippen LogP contribution in [0.3, 0.4) is 0 Å². The summed E-state index contributed by atoms with van der Waals surface area (Å²) in [5, 5.41) is 46.8. The van der Waals surface area contributed by atoms with Crippen LogP contribution in [0.4, 0.5) is 8.78 Å². The number of halogens is 4. The maximum absolute atomic E-state index is 15.7. The molecular formula is C29H35Cl2F2N3O4. The highest BCUT2D eigenvalue weighted by Crippen LogP contribution is 2.52. The Kier molecular flexibility index (Phi) is 9.88. The lowest BCUT2D eigenvalue weighted by Crippen LogP contribution is -2.47. The monoisotopic (exact) mass is 597 g/mol. The van der Waals surface area contributed by atoms with Crippen LogP contribution in [-0.4, -0.2) is 58.2 Å². The Morgan fingerprint density at radius 3 is 2.48 bits per heavy atom. The predicted octanol–water partition coefficient (Wildman–Crippen LogP) is 4.20. The van der Waals surface area contributed by atoms with Crippen LogP contribution in [0.5, 0.6) is 0 Å². The second kappa shape index (κ2) is 12.3. The largest absolute Gasteiger partial charge is 0.396 e. The van der Waals surface area contributed by atoms with Crippen molar-refractivity contribution in [2.45, 2.75) is 75.7 Å². The normalized spacial score (nSPS) is 24.0. The first-order chi connectivity index (χ1) is 18.6. The standard InChI is InChI=1S/C29H35Cl2F2N3O4/c1-27(2,15-37)13-21-29(14-34,18-9-8-16(30)12-20(18)32)23(17-6-5-7-19(31)24(17)33)25(36-21)26(39)35-11-10-22(38)28(3,4)40/h5-9,12,21-23,25,36-38,40H,10-11,13,15H2,1-4H3,(H,35,39)/t21-,22-,23-,25+,29-/m0/s1. The lowest BCUT2D eigenvalue weighted by Gasteiger charge is -2.38. The third-order valence-electron chi connectivity index (χ3n) is 7.63. The molecule has 3 rings (SSSR count). The molecule has 7 nitrogen and oxygen atoms in total. The minimum absolute atomic E-state index is 0.0222. The van der Waals surface area contributed by atoms with Gasteiger partial charge in [-0.1, -0.05) is 55.2 Å². The minimum atomic E-state index is -1.83. The number of rotatable bonds is 10. The summed E-state index contributed by atoms with van der Waals surface area (Å²) in [4.78, 5) is 13.7. The van der Waals surface area contributed by atoms with Gasteiger partial charge in [-0.05, 0) is 55.9 Å². The van der Waals surface area contributed by atoms with Gasteiger partial charge in [0.2, 0.25) is 5.91 Å². The Labute approximate surface area is 243 Å². The highest BCUT2D eigenvalue weighted by molar-refractivity contribution is 6.31. The number of benzene rings is 2. The summed E-state index contributed by atoms with van der Waals surface area (Å²) in [6.07, 6.45) is -0.988. The Hall–Kier alpha value is -2.32. The molecule has 1 heterocycles. The van der Waals surface area contributed by atoms with Crippen molar-refractivity contribution >= 4 is 29.1 Å². The molecule has 0 aliphatic carbocycles. The van der Waals surface area contributed by atoms with Crippen LogP contribution < -0.4 is 10.6 Å². The quantitative estimate of drug-likeness (QED) is 0.279. The summed E-state index contributed by atoms with van der Waals surface area (Å²) in [7, 11) is 0. The van der Waals surface area contributed by atoms with Crippen molar-refractivity contribution in [1.82, 2.24) is 10.6 Å². The molecule has 1 fully saturated rings. The number of nitrogens with zero attached hydrogens (tertiary/aromatic N) is 1. The highest BCUT2D eigenvalue weighted by atomic mass is 35.5. The van der Waals surface area contributed by atoms with E-state index in [0.717, 1.165) is 6.07 Å². The molecule has 2 aromatic carbocycles. The van der Waals surface area contributed by atoms with E-state index in [2.05, 4.69) is 16.7 Å². The number of aliphatic hydroxyl groups excluding tert-OH is 2. The molecule has 1 aliphatic heterocycles. The summed E-state index contributed by atoms with van der Waals surface area (Å²) < 4.78 is 31.3. The second-order valence-corrected chi connectivity index (χ2v) is 12.5. The molecule has 2 aromatic rings. The van der Waals surface area contributed by atoms with Crippen LogP contribution in [-0.2, 0) is 10.2 Å². The van der Waals surface area contributed by atoms with Crippen LogP contribution in [0.25, 0.3) is 0 Å². The molecule has 5 atom stereocenters. The molecule has 1 saturated heterocycles. The van der Waals surface area contributed by atoms with Crippen LogP contribution in [0.2, 0.25) is 10.0 Å². The van der Waals surface area contributed by atoms with E-state index in [1.807, 2.05) is 0 Å². The second-order valence-electron chi connectivity index (χ2n) is 11.7. The van der Waals surface area contributed by atoms with Gasteiger partial charge >= 0.3 is 0 Å². The Bertz CT molecular complexity index is 1280. The maximum Gasteiger partial charge on any atom is 0.237 e. The third kappa shape index (κ3) is 6.43. The van der Waals surface area contributed by atoms with Crippen molar-refractivity contribution in [3.05, 3.63) is 69.2 Å². The summed E-state index contributed by atoms with van der Waals surface area (Å²) in [5.74, 6) is -3.53. The van der Waals surface area contributed by atoms with Crippen molar-refractivity contribution in [2.24, 2.45) is 5.41 Å². The van der Waals surface area contributed by atoms with Crippen LogP contribution in [0, 0.1) is 28.4 Å². The molecule has 40 heavy (non-hydrogen) atoms. The minimum Gasteiger partial charge on any atom is -0.396 e. The van der Waals surface area contributed by atoms with E-state index in [0.29, 0.717) is 0 Å². The smallest absolute Gasteiger partial charge is 0.237 e. The summed E-state index contributed by atoms with van der Waals surface area (Å²) >= 11 is 12.1. The van der Waals surface area contributed by atoms with Crippen LogP contribution in [0.15, 0.2) is 36.4 Å². The summed E-state index contributed by atoms with van der Waals surface area (Å²) in [6.45, 7) is 6.09. The molecule has 1 amide bonds. The predicted molar refractivity (Wildman–Crippen MR) is 149 cm³/mol. The first-order valence-corrected chi connectivity index (χ1v) is 13.7. The third-order valence-corrected chi connectivity index (χ3v) is 8.16. The number of amides is 1. The molecule has 1 aliphatic rings. The van der Waals surface area contributed by atoms with Gasteiger partial charge in [-0.15, -0.1) is 0 Å². The molecular weight excluding hydrogens is 563 g/mol.